The maximum absolute atomic E-state index is 12.3. The summed E-state index contributed by atoms with van der Waals surface area (Å²) >= 11 is 0. The summed E-state index contributed by atoms with van der Waals surface area (Å²) in [7, 11) is -3.70. The van der Waals surface area contributed by atoms with Crippen LogP contribution in [0.3, 0.4) is 0 Å². The quantitative estimate of drug-likeness (QED) is 0.799. The van der Waals surface area contributed by atoms with Crippen LogP contribution in [0.25, 0.3) is 6.08 Å². The Balaban J connectivity index is 2.25. The lowest BCUT2D eigenvalue weighted by molar-refractivity contribution is -0.117. The first kappa shape index (κ1) is 15.9. The number of para-hydroxylation sites is 1. The van der Waals surface area contributed by atoms with Gasteiger partial charge in [-0.25, -0.2) is 8.42 Å². The van der Waals surface area contributed by atoms with Gasteiger partial charge in [0.15, 0.2) is 5.78 Å². The number of rotatable bonds is 6. The van der Waals surface area contributed by atoms with E-state index < -0.39 is 22.4 Å². The molecule has 0 amide bonds. The number of sulfonamides is 1. The fourth-order valence-corrected chi connectivity index (χ4v) is 2.86. The number of aliphatic hydroxyl groups is 1. The Kier molecular flexibility index (Phi) is 5.08. The summed E-state index contributed by atoms with van der Waals surface area (Å²) in [6, 6.07) is 14.7. The Morgan fingerprint density at radius 1 is 1.09 bits per heavy atom. The summed E-state index contributed by atoms with van der Waals surface area (Å²) in [5.41, 5.74) is 1.02. The van der Waals surface area contributed by atoms with E-state index in [1.807, 2.05) is 0 Å². The SMILES string of the molecule is O=C(/C=C/c1cccc(S(=O)(=O)Nc2ccccc2)c1)CO. The maximum Gasteiger partial charge on any atom is 0.261 e. The van der Waals surface area contributed by atoms with E-state index in [1.165, 1.54) is 24.3 Å². The minimum Gasteiger partial charge on any atom is -0.388 e. The minimum absolute atomic E-state index is 0.0925. The van der Waals surface area contributed by atoms with Gasteiger partial charge >= 0.3 is 0 Å². The van der Waals surface area contributed by atoms with Crippen LogP contribution in [0, 0.1) is 0 Å². The van der Waals surface area contributed by atoms with Crippen LogP contribution in [0.1, 0.15) is 5.56 Å². The topological polar surface area (TPSA) is 83.5 Å². The molecule has 0 aromatic heterocycles. The van der Waals surface area contributed by atoms with Gasteiger partial charge in [0.1, 0.15) is 6.61 Å². The second kappa shape index (κ2) is 7.02. The van der Waals surface area contributed by atoms with Gasteiger partial charge in [0.2, 0.25) is 0 Å². The van der Waals surface area contributed by atoms with Crippen LogP contribution in [0.5, 0.6) is 0 Å². The van der Waals surface area contributed by atoms with Crippen LogP contribution >= 0.6 is 0 Å². The molecule has 0 unspecified atom stereocenters. The van der Waals surface area contributed by atoms with Crippen LogP contribution in [0.4, 0.5) is 5.69 Å². The van der Waals surface area contributed by atoms with Crippen LogP contribution < -0.4 is 4.72 Å². The van der Waals surface area contributed by atoms with Crippen molar-refractivity contribution in [1.29, 1.82) is 0 Å². The smallest absolute Gasteiger partial charge is 0.261 e. The first-order valence-corrected chi connectivity index (χ1v) is 7.99. The van der Waals surface area contributed by atoms with Gasteiger partial charge in [-0.15, -0.1) is 0 Å². The molecule has 2 rings (SSSR count). The van der Waals surface area contributed by atoms with Gasteiger partial charge < -0.3 is 5.11 Å². The molecule has 0 aliphatic heterocycles. The van der Waals surface area contributed by atoms with Crippen molar-refractivity contribution in [3.63, 3.8) is 0 Å². The molecule has 0 fully saturated rings. The number of benzene rings is 2. The van der Waals surface area contributed by atoms with E-state index in [-0.39, 0.29) is 4.90 Å². The molecule has 0 radical (unpaired) electrons. The van der Waals surface area contributed by atoms with E-state index >= 15 is 0 Å². The van der Waals surface area contributed by atoms with Crippen molar-refractivity contribution < 1.29 is 18.3 Å². The number of anilines is 1. The Bertz CT molecular complexity index is 783. The van der Waals surface area contributed by atoms with Crippen molar-refractivity contribution in [2.45, 2.75) is 4.90 Å². The third kappa shape index (κ3) is 4.28. The normalized spacial score (nSPS) is 11.5. The first-order chi connectivity index (χ1) is 10.5. The molecular formula is C16H15NO4S. The summed E-state index contributed by atoms with van der Waals surface area (Å²) in [6.07, 6.45) is 2.66. The molecule has 0 saturated carbocycles. The number of hydrogen-bond donors (Lipinski definition) is 2. The van der Waals surface area contributed by atoms with Gasteiger partial charge in [-0.05, 0) is 35.9 Å². The van der Waals surface area contributed by atoms with E-state index in [0.717, 1.165) is 0 Å². The van der Waals surface area contributed by atoms with E-state index in [9.17, 15) is 13.2 Å². The fourth-order valence-electron chi connectivity index (χ4n) is 1.75. The highest BCUT2D eigenvalue weighted by molar-refractivity contribution is 7.92. The zero-order valence-electron chi connectivity index (χ0n) is 11.6. The first-order valence-electron chi connectivity index (χ1n) is 6.51. The molecule has 0 bridgehead atoms. The van der Waals surface area contributed by atoms with Crippen LogP contribution in [0.15, 0.2) is 65.6 Å². The largest absolute Gasteiger partial charge is 0.388 e. The second-order valence-corrected chi connectivity index (χ2v) is 6.18. The molecule has 22 heavy (non-hydrogen) atoms. The number of carbonyl (C=O) groups is 1. The molecule has 5 nitrogen and oxygen atoms in total. The van der Waals surface area contributed by atoms with Gasteiger partial charge in [-0.3, -0.25) is 9.52 Å². The van der Waals surface area contributed by atoms with Gasteiger partial charge in [0.05, 0.1) is 4.90 Å². The lowest BCUT2D eigenvalue weighted by atomic mass is 10.2. The van der Waals surface area contributed by atoms with Gasteiger partial charge in [0.25, 0.3) is 10.0 Å². The molecular weight excluding hydrogens is 302 g/mol. The maximum atomic E-state index is 12.3. The second-order valence-electron chi connectivity index (χ2n) is 4.50. The van der Waals surface area contributed by atoms with E-state index in [0.29, 0.717) is 11.3 Å². The zero-order chi connectivity index (χ0) is 16.0. The molecule has 0 heterocycles. The van der Waals surface area contributed by atoms with Crippen molar-refractivity contribution in [2.24, 2.45) is 0 Å². The van der Waals surface area contributed by atoms with E-state index in [1.54, 1.807) is 42.5 Å². The molecule has 2 N–H and O–H groups in total. The van der Waals surface area contributed by atoms with Crippen molar-refractivity contribution in [1.82, 2.24) is 0 Å². The summed E-state index contributed by atoms with van der Waals surface area (Å²) in [6.45, 7) is -0.579. The minimum atomic E-state index is -3.70. The third-order valence-corrected chi connectivity index (χ3v) is 4.19. The van der Waals surface area contributed by atoms with Crippen LogP contribution in [-0.2, 0) is 14.8 Å². The summed E-state index contributed by atoms with van der Waals surface area (Å²) in [4.78, 5) is 11.1. The molecule has 0 spiro atoms. The molecule has 0 aliphatic rings. The Morgan fingerprint density at radius 3 is 2.50 bits per heavy atom. The number of aliphatic hydroxyl groups excluding tert-OH is 1. The summed E-state index contributed by atoms with van der Waals surface area (Å²) in [5.74, 6) is -0.448. The Labute approximate surface area is 129 Å². The average Bonchev–Trinajstić information content (AvgIpc) is 2.53. The fraction of sp³-hybridized carbons (Fsp3) is 0.0625. The van der Waals surface area contributed by atoms with Gasteiger partial charge in [-0.1, -0.05) is 36.4 Å². The van der Waals surface area contributed by atoms with Gasteiger partial charge in [0, 0.05) is 5.69 Å². The number of ketones is 1. The molecule has 0 atom stereocenters. The highest BCUT2D eigenvalue weighted by Crippen LogP contribution is 2.17. The van der Waals surface area contributed by atoms with Crippen molar-refractivity contribution in [3.05, 3.63) is 66.2 Å². The summed E-state index contributed by atoms with van der Waals surface area (Å²) < 4.78 is 27.1. The van der Waals surface area contributed by atoms with E-state index in [4.69, 9.17) is 5.11 Å². The molecule has 6 heteroatoms. The number of carbonyl (C=O) groups excluding carboxylic acids is 1. The lowest BCUT2D eigenvalue weighted by Crippen LogP contribution is -2.12. The predicted molar refractivity (Wildman–Crippen MR) is 84.8 cm³/mol. The molecule has 2 aromatic rings. The molecule has 0 aliphatic carbocycles. The highest BCUT2D eigenvalue weighted by atomic mass is 32.2. The van der Waals surface area contributed by atoms with Gasteiger partial charge in [-0.2, -0.15) is 0 Å². The monoisotopic (exact) mass is 317 g/mol. The lowest BCUT2D eigenvalue weighted by Gasteiger charge is -2.08. The predicted octanol–water partition coefficient (Wildman–Crippen LogP) is 2.06. The Hall–Kier alpha value is -2.44. The van der Waals surface area contributed by atoms with Crippen LogP contribution in [0.2, 0.25) is 0 Å². The standard InChI is InChI=1S/C16H15NO4S/c18-12-15(19)10-9-13-5-4-8-16(11-13)22(20,21)17-14-6-2-1-3-7-14/h1-11,17-18H,12H2/b10-9+. The van der Waals surface area contributed by atoms with Crippen LogP contribution in [-0.4, -0.2) is 25.9 Å². The summed E-state index contributed by atoms with van der Waals surface area (Å²) in [5, 5.41) is 8.65. The molecule has 2 aromatic carbocycles. The van der Waals surface area contributed by atoms with Crippen molar-refractivity contribution in [3.8, 4) is 0 Å². The highest BCUT2D eigenvalue weighted by Gasteiger charge is 2.13. The van der Waals surface area contributed by atoms with E-state index in [2.05, 4.69) is 4.72 Å². The van der Waals surface area contributed by atoms with Crippen molar-refractivity contribution in [2.75, 3.05) is 11.3 Å². The molecule has 0 saturated heterocycles. The Morgan fingerprint density at radius 2 is 1.82 bits per heavy atom. The zero-order valence-corrected chi connectivity index (χ0v) is 12.5. The van der Waals surface area contributed by atoms with Crippen molar-refractivity contribution >= 4 is 27.6 Å². The number of nitrogens with one attached hydrogen (secondary N) is 1. The number of hydrogen-bond acceptors (Lipinski definition) is 4. The molecule has 114 valence electrons. The third-order valence-electron chi connectivity index (χ3n) is 2.81. The average molecular weight is 317 g/mol.